The van der Waals surface area contributed by atoms with E-state index < -0.39 is 0 Å². The minimum Gasteiger partial charge on any atom is -0.351 e. The lowest BCUT2D eigenvalue weighted by Gasteiger charge is -2.31. The zero-order valence-corrected chi connectivity index (χ0v) is 14.4. The average molecular weight is 329 g/mol. The largest absolute Gasteiger partial charge is 0.351 e. The van der Waals surface area contributed by atoms with Gasteiger partial charge in [-0.3, -0.25) is 9.59 Å². The Kier molecular flexibility index (Phi) is 5.51. The Morgan fingerprint density at radius 3 is 2.50 bits per heavy atom. The zero-order chi connectivity index (χ0) is 16.9. The molecule has 0 radical (unpaired) electrons. The third-order valence-corrected chi connectivity index (χ3v) is 5.14. The van der Waals surface area contributed by atoms with Crippen LogP contribution < -0.4 is 5.32 Å². The highest BCUT2D eigenvalue weighted by atomic mass is 16.2. The molecule has 0 bridgehead atoms. The molecule has 2 aliphatic rings. The van der Waals surface area contributed by atoms with Gasteiger partial charge in [-0.25, -0.2) is 0 Å². The van der Waals surface area contributed by atoms with Crippen LogP contribution in [0.3, 0.4) is 0 Å². The maximum atomic E-state index is 12.6. The summed E-state index contributed by atoms with van der Waals surface area (Å²) < 4.78 is 0. The second-order valence-corrected chi connectivity index (χ2v) is 6.99. The first-order valence-corrected chi connectivity index (χ1v) is 8.96. The van der Waals surface area contributed by atoms with E-state index in [0.29, 0.717) is 13.0 Å². The summed E-state index contributed by atoms with van der Waals surface area (Å²) in [6.07, 6.45) is 4.05. The van der Waals surface area contributed by atoms with Crippen LogP contribution in [-0.2, 0) is 16.0 Å². The molecule has 0 aromatic heterocycles. The van der Waals surface area contributed by atoms with Crippen molar-refractivity contribution in [3.05, 3.63) is 35.9 Å². The van der Waals surface area contributed by atoms with Crippen LogP contribution >= 0.6 is 0 Å². The molecule has 0 spiro atoms. The van der Waals surface area contributed by atoms with Gasteiger partial charge in [-0.1, -0.05) is 30.3 Å². The third kappa shape index (κ3) is 4.15. The topological polar surface area (TPSA) is 52.7 Å². The number of nitrogens with zero attached hydrogens (tertiary/aromatic N) is 2. The summed E-state index contributed by atoms with van der Waals surface area (Å²) in [5.74, 6) is 0.0886. The molecule has 5 heteroatoms. The number of hydrogen-bond acceptors (Lipinski definition) is 3. The molecule has 2 saturated heterocycles. The van der Waals surface area contributed by atoms with Gasteiger partial charge in [0, 0.05) is 12.6 Å². The second-order valence-electron chi connectivity index (χ2n) is 6.99. The molecule has 1 unspecified atom stereocenters. The van der Waals surface area contributed by atoms with Crippen molar-refractivity contribution in [1.29, 1.82) is 0 Å². The van der Waals surface area contributed by atoms with E-state index in [0.717, 1.165) is 44.3 Å². The number of nitrogens with one attached hydrogen (secondary N) is 1. The Bertz CT molecular complexity index is 567. The Balaban J connectivity index is 1.56. The molecule has 1 aromatic rings. The summed E-state index contributed by atoms with van der Waals surface area (Å²) >= 11 is 0. The van der Waals surface area contributed by atoms with Gasteiger partial charge in [-0.2, -0.15) is 0 Å². The molecule has 3 rings (SSSR count). The summed E-state index contributed by atoms with van der Waals surface area (Å²) in [5, 5.41) is 3.17. The van der Waals surface area contributed by atoms with Gasteiger partial charge in [0.25, 0.3) is 0 Å². The monoisotopic (exact) mass is 329 g/mol. The minimum absolute atomic E-state index is 0.0310. The molecule has 2 fully saturated rings. The van der Waals surface area contributed by atoms with Crippen molar-refractivity contribution in [2.45, 2.75) is 44.2 Å². The summed E-state index contributed by atoms with van der Waals surface area (Å²) in [6.45, 7) is 2.73. The van der Waals surface area contributed by atoms with Crippen molar-refractivity contribution in [2.24, 2.45) is 0 Å². The third-order valence-electron chi connectivity index (χ3n) is 5.14. The highest BCUT2D eigenvalue weighted by Gasteiger charge is 2.34. The van der Waals surface area contributed by atoms with Crippen LogP contribution in [0.1, 0.15) is 31.2 Å². The summed E-state index contributed by atoms with van der Waals surface area (Å²) in [4.78, 5) is 29.3. The van der Waals surface area contributed by atoms with Crippen LogP contribution in [0, 0.1) is 0 Å². The number of benzene rings is 1. The summed E-state index contributed by atoms with van der Waals surface area (Å²) in [7, 11) is 2.11. The lowest BCUT2D eigenvalue weighted by molar-refractivity contribution is -0.138. The predicted molar refractivity (Wildman–Crippen MR) is 93.5 cm³/mol. The van der Waals surface area contributed by atoms with Crippen LogP contribution in [-0.4, -0.2) is 60.4 Å². The van der Waals surface area contributed by atoms with E-state index in [9.17, 15) is 9.59 Å². The number of carbonyl (C=O) groups excluding carboxylic acids is 2. The van der Waals surface area contributed by atoms with E-state index in [4.69, 9.17) is 0 Å². The van der Waals surface area contributed by atoms with Crippen LogP contribution in [0.4, 0.5) is 0 Å². The van der Waals surface area contributed by atoms with Gasteiger partial charge in [0.1, 0.15) is 6.04 Å². The van der Waals surface area contributed by atoms with Crippen molar-refractivity contribution < 1.29 is 9.59 Å². The molecule has 2 heterocycles. The number of hydrogen-bond donors (Lipinski definition) is 1. The smallest absolute Gasteiger partial charge is 0.243 e. The molecular formula is C19H27N3O2. The van der Waals surface area contributed by atoms with Gasteiger partial charge in [0.2, 0.25) is 11.8 Å². The number of carbonyl (C=O) groups is 2. The second kappa shape index (κ2) is 7.79. The average Bonchev–Trinajstić information content (AvgIpc) is 3.08. The summed E-state index contributed by atoms with van der Waals surface area (Å²) in [5.41, 5.74) is 1.00. The Hall–Kier alpha value is -1.88. The standard InChI is InChI=1S/C19H27N3O2/c1-21-12-9-16(10-13-21)20-19(24)17-8-5-11-22(17)18(23)14-15-6-3-2-4-7-15/h2-4,6-7,16-17H,5,8-14H2,1H3,(H,20,24). The van der Waals surface area contributed by atoms with Crippen molar-refractivity contribution in [1.82, 2.24) is 15.1 Å². The van der Waals surface area contributed by atoms with Gasteiger partial charge >= 0.3 is 0 Å². The quantitative estimate of drug-likeness (QED) is 0.909. The van der Waals surface area contributed by atoms with Crippen molar-refractivity contribution in [3.8, 4) is 0 Å². The van der Waals surface area contributed by atoms with Gasteiger partial charge < -0.3 is 15.1 Å². The lowest BCUT2D eigenvalue weighted by atomic mass is 10.0. The molecule has 0 saturated carbocycles. The Morgan fingerprint density at radius 2 is 1.79 bits per heavy atom. The van der Waals surface area contributed by atoms with Gasteiger partial charge in [-0.15, -0.1) is 0 Å². The van der Waals surface area contributed by atoms with Gasteiger partial charge in [0.15, 0.2) is 0 Å². The summed E-state index contributed by atoms with van der Waals surface area (Å²) in [6, 6.07) is 9.71. The van der Waals surface area contributed by atoms with E-state index in [1.165, 1.54) is 0 Å². The van der Waals surface area contributed by atoms with Gasteiger partial charge in [-0.05, 0) is 51.4 Å². The molecule has 1 aromatic carbocycles. The van der Waals surface area contributed by atoms with Crippen molar-refractivity contribution >= 4 is 11.8 Å². The molecule has 5 nitrogen and oxygen atoms in total. The highest BCUT2D eigenvalue weighted by Crippen LogP contribution is 2.20. The Labute approximate surface area is 144 Å². The van der Waals surface area contributed by atoms with Crippen LogP contribution in [0.2, 0.25) is 0 Å². The first kappa shape index (κ1) is 17.0. The van der Waals surface area contributed by atoms with Crippen LogP contribution in [0.25, 0.3) is 0 Å². The fraction of sp³-hybridized carbons (Fsp3) is 0.579. The maximum Gasteiger partial charge on any atom is 0.243 e. The van der Waals surface area contributed by atoms with E-state index in [2.05, 4.69) is 17.3 Å². The van der Waals surface area contributed by atoms with Crippen molar-refractivity contribution in [3.63, 3.8) is 0 Å². The first-order valence-electron chi connectivity index (χ1n) is 8.96. The maximum absolute atomic E-state index is 12.6. The van der Waals surface area contributed by atoms with Gasteiger partial charge in [0.05, 0.1) is 6.42 Å². The molecular weight excluding hydrogens is 302 g/mol. The number of rotatable bonds is 4. The SMILES string of the molecule is CN1CCC(NC(=O)C2CCCN2C(=O)Cc2ccccc2)CC1. The minimum atomic E-state index is -0.291. The fourth-order valence-corrected chi connectivity index (χ4v) is 3.66. The van der Waals surface area contributed by atoms with E-state index in [1.807, 2.05) is 30.3 Å². The van der Waals surface area contributed by atoms with E-state index >= 15 is 0 Å². The van der Waals surface area contributed by atoms with E-state index in [-0.39, 0.29) is 23.9 Å². The Morgan fingerprint density at radius 1 is 1.08 bits per heavy atom. The van der Waals surface area contributed by atoms with E-state index in [1.54, 1.807) is 4.90 Å². The normalized spacial score (nSPS) is 22.5. The number of amides is 2. The molecule has 1 N–H and O–H groups in total. The van der Waals surface area contributed by atoms with Crippen LogP contribution in [0.15, 0.2) is 30.3 Å². The molecule has 2 aliphatic heterocycles. The predicted octanol–water partition coefficient (Wildman–Crippen LogP) is 1.43. The fourth-order valence-electron chi connectivity index (χ4n) is 3.66. The lowest BCUT2D eigenvalue weighted by Crippen LogP contribution is -2.51. The number of likely N-dealkylation sites (tertiary alicyclic amines) is 2. The molecule has 24 heavy (non-hydrogen) atoms. The number of piperidine rings is 1. The van der Waals surface area contributed by atoms with Crippen molar-refractivity contribution in [2.75, 3.05) is 26.7 Å². The molecule has 0 aliphatic carbocycles. The molecule has 130 valence electrons. The highest BCUT2D eigenvalue weighted by molar-refractivity contribution is 5.89. The molecule has 2 amide bonds. The first-order chi connectivity index (χ1) is 11.6. The van der Waals surface area contributed by atoms with Crippen LogP contribution in [0.5, 0.6) is 0 Å². The zero-order valence-electron chi connectivity index (χ0n) is 14.4. The molecule has 1 atom stereocenters.